The van der Waals surface area contributed by atoms with Crippen molar-refractivity contribution in [3.8, 4) is 5.75 Å². The molecule has 25 heavy (non-hydrogen) atoms. The first kappa shape index (κ1) is 19.8. The molecule has 0 bridgehead atoms. The van der Waals surface area contributed by atoms with E-state index in [-0.39, 0.29) is 10.8 Å². The molecule has 2 rings (SSSR count). The summed E-state index contributed by atoms with van der Waals surface area (Å²) in [5, 5.41) is 15.4. The van der Waals surface area contributed by atoms with Gasteiger partial charge in [-0.1, -0.05) is 66.0 Å². The number of nitrogens with zero attached hydrogens (tertiary/aromatic N) is 1. The SMILES string of the molecule is CO/N=C(\c1cc(C(C)(C)C)c(O)c(C(C)(C)C)c1)C1CCCCC1. The van der Waals surface area contributed by atoms with E-state index in [0.29, 0.717) is 11.7 Å². The highest BCUT2D eigenvalue weighted by Crippen LogP contribution is 2.41. The summed E-state index contributed by atoms with van der Waals surface area (Å²) in [5.41, 5.74) is 3.83. The van der Waals surface area contributed by atoms with E-state index < -0.39 is 0 Å². The van der Waals surface area contributed by atoms with Crippen molar-refractivity contribution >= 4 is 5.71 Å². The molecule has 0 amide bonds. The number of rotatable bonds is 3. The third-order valence-corrected chi connectivity index (χ3v) is 5.20. The van der Waals surface area contributed by atoms with Crippen molar-refractivity contribution < 1.29 is 9.94 Å². The van der Waals surface area contributed by atoms with Crippen LogP contribution in [-0.4, -0.2) is 17.9 Å². The summed E-state index contributed by atoms with van der Waals surface area (Å²) in [6.07, 6.45) is 6.15. The molecule has 0 aliphatic heterocycles. The van der Waals surface area contributed by atoms with Crippen LogP contribution < -0.4 is 0 Å². The zero-order valence-corrected chi connectivity index (χ0v) is 17.1. The number of hydrogen-bond donors (Lipinski definition) is 1. The topological polar surface area (TPSA) is 41.8 Å². The second-order valence-corrected chi connectivity index (χ2v) is 9.41. The van der Waals surface area contributed by atoms with E-state index in [4.69, 9.17) is 4.84 Å². The molecule has 1 aromatic carbocycles. The summed E-state index contributed by atoms with van der Waals surface area (Å²) in [6.45, 7) is 12.9. The van der Waals surface area contributed by atoms with Crippen LogP contribution >= 0.6 is 0 Å². The molecule has 0 radical (unpaired) electrons. The molecule has 0 heterocycles. The van der Waals surface area contributed by atoms with Gasteiger partial charge in [0.05, 0.1) is 5.71 Å². The second kappa shape index (κ2) is 7.39. The molecule has 0 atom stereocenters. The molecule has 0 spiro atoms. The zero-order valence-electron chi connectivity index (χ0n) is 17.1. The fourth-order valence-corrected chi connectivity index (χ4v) is 3.76. The first-order valence-corrected chi connectivity index (χ1v) is 9.55. The lowest BCUT2D eigenvalue weighted by Crippen LogP contribution is -2.23. The Hall–Kier alpha value is -1.51. The normalized spacial score (nSPS) is 17.6. The maximum atomic E-state index is 10.9. The number of aromatic hydroxyl groups is 1. The predicted octanol–water partition coefficient (Wildman–Crippen LogP) is 5.92. The van der Waals surface area contributed by atoms with Crippen molar-refractivity contribution in [1.82, 2.24) is 0 Å². The van der Waals surface area contributed by atoms with Gasteiger partial charge in [-0.3, -0.25) is 0 Å². The van der Waals surface area contributed by atoms with Crippen LogP contribution in [0.4, 0.5) is 0 Å². The van der Waals surface area contributed by atoms with Crippen LogP contribution in [0.15, 0.2) is 17.3 Å². The summed E-state index contributed by atoms with van der Waals surface area (Å²) in [4.78, 5) is 5.22. The first-order valence-electron chi connectivity index (χ1n) is 9.55. The van der Waals surface area contributed by atoms with E-state index >= 15 is 0 Å². The second-order valence-electron chi connectivity index (χ2n) is 9.41. The molecule has 3 heteroatoms. The van der Waals surface area contributed by atoms with Gasteiger partial charge in [0.15, 0.2) is 0 Å². The average Bonchev–Trinajstić information content (AvgIpc) is 2.51. The molecule has 1 aliphatic carbocycles. The van der Waals surface area contributed by atoms with E-state index in [1.54, 1.807) is 7.11 Å². The maximum Gasteiger partial charge on any atom is 0.123 e. The van der Waals surface area contributed by atoms with Crippen molar-refractivity contribution in [2.75, 3.05) is 7.11 Å². The monoisotopic (exact) mass is 345 g/mol. The van der Waals surface area contributed by atoms with Gasteiger partial charge in [0, 0.05) is 22.6 Å². The highest BCUT2D eigenvalue weighted by molar-refractivity contribution is 6.02. The lowest BCUT2D eigenvalue weighted by Gasteiger charge is -2.30. The fraction of sp³-hybridized carbons (Fsp3) is 0.682. The van der Waals surface area contributed by atoms with Crippen LogP contribution in [0.2, 0.25) is 0 Å². The van der Waals surface area contributed by atoms with Crippen molar-refractivity contribution in [3.63, 3.8) is 0 Å². The first-order chi connectivity index (χ1) is 11.6. The van der Waals surface area contributed by atoms with E-state index in [9.17, 15) is 5.11 Å². The third kappa shape index (κ3) is 4.56. The maximum absolute atomic E-state index is 10.9. The molecule has 0 saturated heterocycles. The molecule has 1 aliphatic rings. The van der Waals surface area contributed by atoms with Crippen molar-refractivity contribution in [2.45, 2.75) is 84.5 Å². The van der Waals surface area contributed by atoms with Gasteiger partial charge in [-0.2, -0.15) is 0 Å². The van der Waals surface area contributed by atoms with E-state index in [1.165, 1.54) is 32.1 Å². The van der Waals surface area contributed by atoms with Crippen LogP contribution in [-0.2, 0) is 15.7 Å². The number of phenols is 1. The van der Waals surface area contributed by atoms with Crippen molar-refractivity contribution in [3.05, 3.63) is 28.8 Å². The molecule has 0 unspecified atom stereocenters. The van der Waals surface area contributed by atoms with Gasteiger partial charge >= 0.3 is 0 Å². The van der Waals surface area contributed by atoms with Gasteiger partial charge in [0.25, 0.3) is 0 Å². The lowest BCUT2D eigenvalue weighted by molar-refractivity contribution is 0.210. The summed E-state index contributed by atoms with van der Waals surface area (Å²) in [6, 6.07) is 4.24. The van der Waals surface area contributed by atoms with Gasteiger partial charge in [0.1, 0.15) is 12.9 Å². The lowest BCUT2D eigenvalue weighted by atomic mass is 9.76. The van der Waals surface area contributed by atoms with Gasteiger partial charge in [0.2, 0.25) is 0 Å². The van der Waals surface area contributed by atoms with Crippen LogP contribution in [0.25, 0.3) is 0 Å². The highest BCUT2D eigenvalue weighted by atomic mass is 16.6. The van der Waals surface area contributed by atoms with Crippen molar-refractivity contribution in [1.29, 1.82) is 0 Å². The summed E-state index contributed by atoms with van der Waals surface area (Å²) in [5.74, 6) is 0.864. The zero-order chi connectivity index (χ0) is 18.8. The molecular weight excluding hydrogens is 310 g/mol. The van der Waals surface area contributed by atoms with Crippen LogP contribution in [0, 0.1) is 5.92 Å². The van der Waals surface area contributed by atoms with Gasteiger partial charge in [-0.25, -0.2) is 0 Å². The Kier molecular flexibility index (Phi) is 5.86. The quantitative estimate of drug-likeness (QED) is 0.546. The Balaban J connectivity index is 2.64. The van der Waals surface area contributed by atoms with Crippen molar-refractivity contribution in [2.24, 2.45) is 11.1 Å². The van der Waals surface area contributed by atoms with Gasteiger partial charge < -0.3 is 9.94 Å². The third-order valence-electron chi connectivity index (χ3n) is 5.20. The number of phenolic OH excluding ortho intramolecular Hbond substituents is 1. The fourth-order valence-electron chi connectivity index (χ4n) is 3.76. The smallest absolute Gasteiger partial charge is 0.123 e. The summed E-state index contributed by atoms with van der Waals surface area (Å²) in [7, 11) is 1.62. The van der Waals surface area contributed by atoms with E-state index in [2.05, 4.69) is 58.8 Å². The number of hydrogen-bond acceptors (Lipinski definition) is 3. The molecule has 140 valence electrons. The molecule has 1 fully saturated rings. The Morgan fingerprint density at radius 2 is 1.44 bits per heavy atom. The van der Waals surface area contributed by atoms with Crippen LogP contribution in [0.1, 0.15) is 90.3 Å². The minimum absolute atomic E-state index is 0.134. The molecule has 3 nitrogen and oxygen atoms in total. The number of benzene rings is 1. The minimum atomic E-state index is -0.134. The average molecular weight is 346 g/mol. The minimum Gasteiger partial charge on any atom is -0.507 e. The molecular formula is C22H35NO2. The Morgan fingerprint density at radius 3 is 1.84 bits per heavy atom. The summed E-state index contributed by atoms with van der Waals surface area (Å²) >= 11 is 0. The molecule has 0 aromatic heterocycles. The molecule has 1 N–H and O–H groups in total. The Bertz CT molecular complexity index is 591. The van der Waals surface area contributed by atoms with Gasteiger partial charge in [-0.15, -0.1) is 0 Å². The standard InChI is InChI=1S/C22H35NO2/c1-21(2,3)17-13-16(14-18(20(17)24)22(4,5)6)19(23-25-7)15-11-9-8-10-12-15/h13-15,24H,8-12H2,1-7H3/b23-19-. The van der Waals surface area contributed by atoms with Gasteiger partial charge in [-0.05, 0) is 35.8 Å². The van der Waals surface area contributed by atoms with E-state index in [1.807, 2.05) is 0 Å². The Morgan fingerprint density at radius 1 is 0.960 bits per heavy atom. The van der Waals surface area contributed by atoms with Crippen LogP contribution in [0.3, 0.4) is 0 Å². The van der Waals surface area contributed by atoms with Crippen LogP contribution in [0.5, 0.6) is 5.75 Å². The molecule has 1 aromatic rings. The number of oxime groups is 1. The Labute approximate surface area is 153 Å². The highest BCUT2D eigenvalue weighted by Gasteiger charge is 2.29. The predicted molar refractivity (Wildman–Crippen MR) is 106 cm³/mol. The van der Waals surface area contributed by atoms with E-state index in [0.717, 1.165) is 22.4 Å². The largest absolute Gasteiger partial charge is 0.507 e. The summed E-state index contributed by atoms with van der Waals surface area (Å²) < 4.78 is 0. The molecule has 1 saturated carbocycles.